The van der Waals surface area contributed by atoms with Gasteiger partial charge in [-0.2, -0.15) is 0 Å². The lowest BCUT2D eigenvalue weighted by atomic mass is 9.41. The summed E-state index contributed by atoms with van der Waals surface area (Å²) in [4.78, 5) is 11.1. The zero-order chi connectivity index (χ0) is 21.8. The Morgan fingerprint density at radius 2 is 1.67 bits per heavy atom. The van der Waals surface area contributed by atoms with Gasteiger partial charge in [-0.15, -0.1) is 0 Å². The maximum Gasteiger partial charge on any atom is 0.303 e. The maximum atomic E-state index is 11.7. The third-order valence-electron chi connectivity index (χ3n) is 11.0. The van der Waals surface area contributed by atoms with E-state index in [1.807, 2.05) is 0 Å². The normalized spacial score (nSPS) is 51.5. The Kier molecular flexibility index (Phi) is 6.07. The van der Waals surface area contributed by atoms with Crippen molar-refractivity contribution in [2.45, 2.75) is 104 Å². The number of aliphatic hydroxyl groups is 2. The van der Waals surface area contributed by atoms with Gasteiger partial charge in [0, 0.05) is 6.42 Å². The molecule has 30 heavy (non-hydrogen) atoms. The fourth-order valence-corrected chi connectivity index (χ4v) is 9.48. The third kappa shape index (κ3) is 3.36. The van der Waals surface area contributed by atoms with Crippen molar-refractivity contribution in [3.63, 3.8) is 0 Å². The van der Waals surface area contributed by atoms with Crippen molar-refractivity contribution in [1.82, 2.24) is 0 Å². The number of carboxylic acids is 1. The Morgan fingerprint density at radius 3 is 2.33 bits per heavy atom. The van der Waals surface area contributed by atoms with Crippen LogP contribution < -0.4 is 0 Å². The fourth-order valence-electron chi connectivity index (χ4n) is 9.48. The number of carbonyl (C=O) groups is 1. The Morgan fingerprint density at radius 1 is 1.00 bits per heavy atom. The standard InChI is InChI=1S/C26H44O4/c1-5-17-21-14-16(27)10-12-26(21,4)20-11-13-25(3)18(15(2)6-9-22(28)29)7-8-19(25)23(20)24(17)30/h15-21,23-24,27,30H,5-14H2,1-4H3,(H,28,29)/t15-,16-,17-,18-,19+,20+,21+,23+,24-,25+,26+/m1/s1. The molecule has 4 heteroatoms. The van der Waals surface area contributed by atoms with Gasteiger partial charge in [-0.25, -0.2) is 0 Å². The first kappa shape index (κ1) is 22.6. The van der Waals surface area contributed by atoms with Gasteiger partial charge >= 0.3 is 5.97 Å². The second kappa shape index (κ2) is 8.06. The average molecular weight is 421 g/mol. The SMILES string of the molecule is CC[C@H]1[C@@H](O)[C@@H]2[C@H](CC[C@@]3(C)[C@@H]([C@H](C)CCC(=O)O)CC[C@@H]23)[C@]2(C)CC[C@@H](O)C[C@@H]12. The summed E-state index contributed by atoms with van der Waals surface area (Å²) in [6.07, 6.45) is 9.27. The first-order valence-electron chi connectivity index (χ1n) is 12.7. The van der Waals surface area contributed by atoms with E-state index < -0.39 is 5.97 Å². The van der Waals surface area contributed by atoms with Crippen molar-refractivity contribution in [1.29, 1.82) is 0 Å². The summed E-state index contributed by atoms with van der Waals surface area (Å²) < 4.78 is 0. The number of hydrogen-bond acceptors (Lipinski definition) is 3. The van der Waals surface area contributed by atoms with E-state index in [9.17, 15) is 15.0 Å². The highest BCUT2D eigenvalue weighted by atomic mass is 16.4. The lowest BCUT2D eigenvalue weighted by molar-refractivity contribution is -0.203. The summed E-state index contributed by atoms with van der Waals surface area (Å²) in [6.45, 7) is 9.44. The monoisotopic (exact) mass is 420 g/mol. The summed E-state index contributed by atoms with van der Waals surface area (Å²) in [5, 5.41) is 31.3. The van der Waals surface area contributed by atoms with E-state index in [4.69, 9.17) is 5.11 Å². The predicted octanol–water partition coefficient (Wildman–Crippen LogP) is 5.11. The van der Waals surface area contributed by atoms with Gasteiger partial charge in [0.2, 0.25) is 0 Å². The van der Waals surface area contributed by atoms with E-state index >= 15 is 0 Å². The lowest BCUT2D eigenvalue weighted by Gasteiger charge is -2.64. The molecule has 0 aliphatic heterocycles. The minimum atomic E-state index is -0.683. The molecule has 4 nitrogen and oxygen atoms in total. The van der Waals surface area contributed by atoms with Crippen molar-refractivity contribution in [3.05, 3.63) is 0 Å². The van der Waals surface area contributed by atoms with Gasteiger partial charge in [0.1, 0.15) is 0 Å². The number of aliphatic hydroxyl groups excluding tert-OH is 2. The van der Waals surface area contributed by atoms with Crippen LogP contribution in [0, 0.1) is 52.3 Å². The minimum absolute atomic E-state index is 0.194. The average Bonchev–Trinajstić information content (AvgIpc) is 3.05. The lowest BCUT2D eigenvalue weighted by Crippen LogP contribution is -2.62. The predicted molar refractivity (Wildman–Crippen MR) is 118 cm³/mol. The third-order valence-corrected chi connectivity index (χ3v) is 11.0. The van der Waals surface area contributed by atoms with Crippen molar-refractivity contribution >= 4 is 5.97 Å². The van der Waals surface area contributed by atoms with Crippen LogP contribution in [0.2, 0.25) is 0 Å². The van der Waals surface area contributed by atoms with Crippen LogP contribution in [0.15, 0.2) is 0 Å². The molecule has 0 amide bonds. The number of carboxylic acid groups (broad SMARTS) is 1. The van der Waals surface area contributed by atoms with Crippen LogP contribution in [0.1, 0.15) is 91.9 Å². The molecule has 0 spiro atoms. The maximum absolute atomic E-state index is 11.7. The minimum Gasteiger partial charge on any atom is -0.481 e. The molecule has 4 fully saturated rings. The molecule has 4 aliphatic rings. The van der Waals surface area contributed by atoms with Crippen LogP contribution in [-0.2, 0) is 4.79 Å². The van der Waals surface area contributed by atoms with Crippen molar-refractivity contribution in [2.75, 3.05) is 0 Å². The quantitative estimate of drug-likeness (QED) is 0.577. The molecule has 0 heterocycles. The second-order valence-corrected chi connectivity index (χ2v) is 12.0. The van der Waals surface area contributed by atoms with E-state index in [0.29, 0.717) is 41.4 Å². The van der Waals surface area contributed by atoms with Gasteiger partial charge in [-0.3, -0.25) is 4.79 Å². The highest BCUT2D eigenvalue weighted by Gasteiger charge is 2.64. The van der Waals surface area contributed by atoms with Crippen LogP contribution in [0.3, 0.4) is 0 Å². The van der Waals surface area contributed by atoms with Crippen LogP contribution >= 0.6 is 0 Å². The fraction of sp³-hybridized carbons (Fsp3) is 0.962. The van der Waals surface area contributed by atoms with Gasteiger partial charge in [-0.1, -0.05) is 34.1 Å². The molecule has 172 valence electrons. The highest BCUT2D eigenvalue weighted by molar-refractivity contribution is 5.66. The molecule has 0 aromatic rings. The van der Waals surface area contributed by atoms with Crippen molar-refractivity contribution in [3.8, 4) is 0 Å². The zero-order valence-electron chi connectivity index (χ0n) is 19.5. The summed E-state index contributed by atoms with van der Waals surface area (Å²) >= 11 is 0. The van der Waals surface area contributed by atoms with E-state index in [2.05, 4.69) is 27.7 Å². The number of rotatable bonds is 5. The van der Waals surface area contributed by atoms with Crippen LogP contribution in [0.5, 0.6) is 0 Å². The Balaban J connectivity index is 1.61. The van der Waals surface area contributed by atoms with E-state index in [1.54, 1.807) is 0 Å². The molecule has 0 bridgehead atoms. The van der Waals surface area contributed by atoms with Gasteiger partial charge in [-0.05, 0) is 104 Å². The second-order valence-electron chi connectivity index (χ2n) is 12.0. The largest absolute Gasteiger partial charge is 0.481 e. The molecular formula is C26H44O4. The topological polar surface area (TPSA) is 77.8 Å². The Labute approximate surface area is 182 Å². The highest BCUT2D eigenvalue weighted by Crippen LogP contribution is 2.69. The van der Waals surface area contributed by atoms with E-state index in [-0.39, 0.29) is 29.5 Å². The summed E-state index contributed by atoms with van der Waals surface area (Å²) in [6, 6.07) is 0. The summed E-state index contributed by atoms with van der Waals surface area (Å²) in [5.41, 5.74) is 0.480. The molecule has 0 aromatic carbocycles. The first-order valence-corrected chi connectivity index (χ1v) is 12.7. The van der Waals surface area contributed by atoms with Crippen molar-refractivity contribution < 1.29 is 20.1 Å². The molecule has 4 saturated carbocycles. The molecule has 0 radical (unpaired) electrons. The van der Waals surface area contributed by atoms with E-state index in [0.717, 1.165) is 32.1 Å². The smallest absolute Gasteiger partial charge is 0.303 e. The molecule has 0 saturated heterocycles. The molecule has 3 N–H and O–H groups in total. The number of hydrogen-bond donors (Lipinski definition) is 3. The Hall–Kier alpha value is -0.610. The number of aliphatic carboxylic acids is 1. The summed E-state index contributed by atoms with van der Waals surface area (Å²) in [5.74, 6) is 2.58. The zero-order valence-corrected chi connectivity index (χ0v) is 19.5. The molecule has 4 rings (SSSR count). The van der Waals surface area contributed by atoms with Gasteiger partial charge < -0.3 is 15.3 Å². The van der Waals surface area contributed by atoms with Crippen LogP contribution in [-0.4, -0.2) is 33.5 Å². The molecule has 4 aliphatic carbocycles. The summed E-state index contributed by atoms with van der Waals surface area (Å²) in [7, 11) is 0. The Bertz CT molecular complexity index is 649. The number of fused-ring (bicyclic) bond motifs is 5. The van der Waals surface area contributed by atoms with Gasteiger partial charge in [0.05, 0.1) is 12.2 Å². The van der Waals surface area contributed by atoms with Gasteiger partial charge in [0.25, 0.3) is 0 Å². The molecular weight excluding hydrogens is 376 g/mol. The first-order chi connectivity index (χ1) is 14.1. The van der Waals surface area contributed by atoms with E-state index in [1.165, 1.54) is 25.7 Å². The molecule has 0 unspecified atom stereocenters. The molecule has 0 aromatic heterocycles. The van der Waals surface area contributed by atoms with Gasteiger partial charge in [0.15, 0.2) is 0 Å². The van der Waals surface area contributed by atoms with Crippen molar-refractivity contribution in [2.24, 2.45) is 52.3 Å². The molecule has 11 atom stereocenters. The van der Waals surface area contributed by atoms with Crippen LogP contribution in [0.4, 0.5) is 0 Å². The van der Waals surface area contributed by atoms with Crippen LogP contribution in [0.25, 0.3) is 0 Å².